The zero-order valence-corrected chi connectivity index (χ0v) is 7.47. The fourth-order valence-corrected chi connectivity index (χ4v) is 1.02. The molecule has 1 atom stereocenters. The van der Waals surface area contributed by atoms with Gasteiger partial charge in [0.2, 0.25) is 0 Å². The number of hydrogen-bond acceptors (Lipinski definition) is 3. The van der Waals surface area contributed by atoms with Gasteiger partial charge in [0, 0.05) is 12.1 Å². The van der Waals surface area contributed by atoms with E-state index in [1.54, 1.807) is 0 Å². The molecule has 0 saturated heterocycles. The molecule has 0 aromatic heterocycles. The Morgan fingerprint density at radius 3 is 2.21 bits per heavy atom. The van der Waals surface area contributed by atoms with Crippen molar-refractivity contribution in [2.24, 2.45) is 0 Å². The van der Waals surface area contributed by atoms with Crippen LogP contribution in [-0.4, -0.2) is 10.9 Å². The van der Waals surface area contributed by atoms with Crippen molar-refractivity contribution in [2.75, 3.05) is 0 Å². The minimum absolute atomic E-state index is 0.0562. The van der Waals surface area contributed by atoms with Gasteiger partial charge in [0.1, 0.15) is 0 Å². The third kappa shape index (κ3) is 2.07. The van der Waals surface area contributed by atoms with Gasteiger partial charge in [-0.3, -0.25) is 10.1 Å². The van der Waals surface area contributed by atoms with Crippen LogP contribution >= 0.6 is 0 Å². The molecular formula is C9H8NO4. The van der Waals surface area contributed by atoms with E-state index < -0.39 is 16.8 Å². The van der Waals surface area contributed by atoms with Crippen molar-refractivity contribution >= 4 is 11.7 Å². The maximum Gasteiger partial charge on any atom is 0.362 e. The lowest BCUT2D eigenvalue weighted by Gasteiger charge is -2.03. The summed E-state index contributed by atoms with van der Waals surface area (Å²) in [6.45, 7) is 1.47. The summed E-state index contributed by atoms with van der Waals surface area (Å²) >= 11 is 0. The maximum atomic E-state index is 10.5. The largest absolute Gasteiger partial charge is 0.362 e. The topological polar surface area (TPSA) is 80.1 Å². The van der Waals surface area contributed by atoms with Crippen molar-refractivity contribution in [3.8, 4) is 0 Å². The van der Waals surface area contributed by atoms with Crippen molar-refractivity contribution in [1.29, 1.82) is 0 Å². The lowest BCUT2D eigenvalue weighted by atomic mass is 10.0. The molecule has 0 fully saturated rings. The monoisotopic (exact) mass is 194 g/mol. The first-order valence-corrected chi connectivity index (χ1v) is 3.97. The van der Waals surface area contributed by atoms with E-state index in [9.17, 15) is 20.0 Å². The number of carbonyl (C=O) groups is 1. The molecule has 0 aliphatic heterocycles. The number of benzene rings is 1. The summed E-state index contributed by atoms with van der Waals surface area (Å²) in [5.41, 5.74) is 0.440. The molecule has 0 aliphatic carbocycles. The highest BCUT2D eigenvalue weighted by atomic mass is 16.6. The van der Waals surface area contributed by atoms with Gasteiger partial charge in [-0.05, 0) is 12.5 Å². The second-order valence-corrected chi connectivity index (χ2v) is 2.89. The lowest BCUT2D eigenvalue weighted by molar-refractivity contribution is -0.384. The van der Waals surface area contributed by atoms with Gasteiger partial charge in [-0.15, -0.1) is 0 Å². The molecule has 1 unspecified atom stereocenters. The van der Waals surface area contributed by atoms with Gasteiger partial charge in [-0.25, -0.2) is 9.90 Å². The van der Waals surface area contributed by atoms with E-state index >= 15 is 0 Å². The second-order valence-electron chi connectivity index (χ2n) is 2.89. The Kier molecular flexibility index (Phi) is 2.81. The number of hydrogen-bond donors (Lipinski definition) is 0. The molecular weight excluding hydrogens is 186 g/mol. The van der Waals surface area contributed by atoms with E-state index in [2.05, 4.69) is 0 Å². The molecule has 1 rings (SSSR count). The fraction of sp³-hybridized carbons (Fsp3) is 0.222. The van der Waals surface area contributed by atoms with E-state index in [4.69, 9.17) is 0 Å². The van der Waals surface area contributed by atoms with Crippen LogP contribution in [0.5, 0.6) is 0 Å². The Hall–Kier alpha value is -1.91. The van der Waals surface area contributed by atoms with Crippen LogP contribution < -0.4 is 0 Å². The first kappa shape index (κ1) is 10.2. The number of nitrogens with zero attached hydrogens (tertiary/aromatic N) is 1. The van der Waals surface area contributed by atoms with Crippen molar-refractivity contribution in [1.82, 2.24) is 0 Å². The molecule has 0 saturated carbocycles. The van der Waals surface area contributed by atoms with Crippen LogP contribution in [-0.2, 0) is 9.90 Å². The van der Waals surface area contributed by atoms with Crippen molar-refractivity contribution in [2.45, 2.75) is 12.8 Å². The molecule has 5 nitrogen and oxygen atoms in total. The van der Waals surface area contributed by atoms with Crippen LogP contribution in [0.1, 0.15) is 18.4 Å². The molecule has 5 heteroatoms. The fourth-order valence-electron chi connectivity index (χ4n) is 1.02. The van der Waals surface area contributed by atoms with Crippen molar-refractivity contribution in [3.05, 3.63) is 39.9 Å². The Bertz CT molecular complexity index is 358. The van der Waals surface area contributed by atoms with Gasteiger partial charge in [0.15, 0.2) is 0 Å². The van der Waals surface area contributed by atoms with Crippen molar-refractivity contribution < 1.29 is 14.8 Å². The summed E-state index contributed by atoms with van der Waals surface area (Å²) in [6, 6.07) is 5.38. The Balaban J connectivity index is 2.94. The quantitative estimate of drug-likeness (QED) is 0.542. The number of nitro benzene ring substituents is 1. The third-order valence-electron chi connectivity index (χ3n) is 1.96. The highest BCUT2D eigenvalue weighted by Crippen LogP contribution is 2.19. The average Bonchev–Trinajstić information content (AvgIpc) is 2.16. The normalized spacial score (nSPS) is 12.1. The Morgan fingerprint density at radius 1 is 1.36 bits per heavy atom. The van der Waals surface area contributed by atoms with Gasteiger partial charge >= 0.3 is 5.97 Å². The summed E-state index contributed by atoms with van der Waals surface area (Å²) < 4.78 is 0. The molecule has 0 N–H and O–H groups in total. The van der Waals surface area contributed by atoms with E-state index in [-0.39, 0.29) is 5.69 Å². The highest BCUT2D eigenvalue weighted by Gasteiger charge is 2.16. The highest BCUT2D eigenvalue weighted by molar-refractivity contribution is 5.75. The standard InChI is InChI=1S/C9H8NO4/c1-6(9(11)12)7-2-4-8(5-3-7)10(13)14/h2-6H,1H3. The zero-order chi connectivity index (χ0) is 10.7. The zero-order valence-electron chi connectivity index (χ0n) is 7.47. The van der Waals surface area contributed by atoms with Crippen LogP contribution in [0.25, 0.3) is 0 Å². The molecule has 1 radical (unpaired) electrons. The Morgan fingerprint density at radius 2 is 1.86 bits per heavy atom. The van der Waals surface area contributed by atoms with Gasteiger partial charge in [-0.1, -0.05) is 12.1 Å². The number of non-ortho nitro benzene ring substituents is 1. The summed E-state index contributed by atoms with van der Waals surface area (Å²) in [7, 11) is 0. The number of rotatable bonds is 3. The molecule has 0 bridgehead atoms. The summed E-state index contributed by atoms with van der Waals surface area (Å²) in [4.78, 5) is 20.2. The summed E-state index contributed by atoms with van der Waals surface area (Å²) in [5.74, 6) is -1.95. The first-order valence-electron chi connectivity index (χ1n) is 3.97. The smallest absolute Gasteiger partial charge is 0.258 e. The number of nitro groups is 1. The van der Waals surface area contributed by atoms with E-state index in [1.165, 1.54) is 31.2 Å². The van der Waals surface area contributed by atoms with Crippen LogP contribution in [0, 0.1) is 10.1 Å². The molecule has 0 amide bonds. The van der Waals surface area contributed by atoms with Crippen LogP contribution in [0.4, 0.5) is 5.69 Å². The van der Waals surface area contributed by atoms with Gasteiger partial charge in [0.25, 0.3) is 5.69 Å². The molecule has 0 heterocycles. The van der Waals surface area contributed by atoms with Crippen molar-refractivity contribution in [3.63, 3.8) is 0 Å². The summed E-state index contributed by atoms with van der Waals surface area (Å²) in [5, 5.41) is 20.8. The van der Waals surface area contributed by atoms with Gasteiger partial charge in [-0.2, -0.15) is 0 Å². The predicted octanol–water partition coefficient (Wildman–Crippen LogP) is 1.66. The average molecular weight is 194 g/mol. The second kappa shape index (κ2) is 3.87. The molecule has 0 aliphatic rings. The van der Waals surface area contributed by atoms with E-state index in [0.717, 1.165) is 0 Å². The minimum Gasteiger partial charge on any atom is -0.258 e. The third-order valence-corrected chi connectivity index (χ3v) is 1.96. The summed E-state index contributed by atoms with van der Waals surface area (Å²) in [6.07, 6.45) is 0. The predicted molar refractivity (Wildman–Crippen MR) is 47.2 cm³/mol. The van der Waals surface area contributed by atoms with E-state index in [0.29, 0.717) is 5.56 Å². The molecule has 1 aromatic carbocycles. The molecule has 1 aromatic rings. The molecule has 73 valence electrons. The SMILES string of the molecule is CC(C([O])=O)c1ccc([N+](=O)[O-])cc1. The van der Waals surface area contributed by atoms with Gasteiger partial charge in [0.05, 0.1) is 10.8 Å². The maximum absolute atomic E-state index is 10.5. The first-order chi connectivity index (χ1) is 6.52. The number of carbonyl (C=O) groups excluding carboxylic acids is 1. The lowest BCUT2D eigenvalue weighted by Crippen LogP contribution is -2.05. The Labute approximate surface area is 80.1 Å². The molecule has 0 spiro atoms. The van der Waals surface area contributed by atoms with Crippen LogP contribution in [0.2, 0.25) is 0 Å². The van der Waals surface area contributed by atoms with Crippen LogP contribution in [0.3, 0.4) is 0 Å². The van der Waals surface area contributed by atoms with Gasteiger partial charge < -0.3 is 0 Å². The van der Waals surface area contributed by atoms with Crippen LogP contribution in [0.15, 0.2) is 24.3 Å². The minimum atomic E-state index is -1.20. The van der Waals surface area contributed by atoms with E-state index in [1.807, 2.05) is 0 Å². The molecule has 14 heavy (non-hydrogen) atoms.